The van der Waals surface area contributed by atoms with Gasteiger partial charge in [-0.3, -0.25) is 0 Å². The molecule has 96 valence electrons. The number of rotatable bonds is 6. The van der Waals surface area contributed by atoms with Crippen LogP contribution in [0.5, 0.6) is 0 Å². The summed E-state index contributed by atoms with van der Waals surface area (Å²) in [5, 5.41) is 0. The highest BCUT2D eigenvalue weighted by molar-refractivity contribution is 7.15. The number of hydrogen-bond acceptors (Lipinski definition) is 1. The van der Waals surface area contributed by atoms with Crippen LogP contribution in [-0.4, -0.2) is 0 Å². The quantitative estimate of drug-likeness (QED) is 0.463. The summed E-state index contributed by atoms with van der Waals surface area (Å²) in [5.74, 6) is 0. The molecule has 0 amide bonds. The van der Waals surface area contributed by atoms with Crippen LogP contribution < -0.4 is 0 Å². The van der Waals surface area contributed by atoms with E-state index in [2.05, 4.69) is 50.2 Å². The minimum Gasteiger partial charge on any atom is -0.180 e. The SMILES string of the molecule is CCCCCCc1ccc(-c2c[c-]c(C)cc2)s1. The average Bonchev–Trinajstić information content (AvgIpc) is 2.84. The van der Waals surface area contributed by atoms with E-state index in [1.807, 2.05) is 11.3 Å². The summed E-state index contributed by atoms with van der Waals surface area (Å²) >= 11 is 1.93. The minimum absolute atomic E-state index is 1.20. The van der Waals surface area contributed by atoms with Crippen LogP contribution in [-0.2, 0) is 6.42 Å². The molecule has 0 aliphatic heterocycles. The highest BCUT2D eigenvalue weighted by Gasteiger charge is 1.99. The van der Waals surface area contributed by atoms with Gasteiger partial charge in [-0.25, -0.2) is 0 Å². The smallest absolute Gasteiger partial charge is 0.00404 e. The Morgan fingerprint density at radius 2 is 1.94 bits per heavy atom. The van der Waals surface area contributed by atoms with Gasteiger partial charge in [0.2, 0.25) is 0 Å². The molecule has 18 heavy (non-hydrogen) atoms. The van der Waals surface area contributed by atoms with Crippen LogP contribution in [0.1, 0.15) is 43.0 Å². The van der Waals surface area contributed by atoms with Gasteiger partial charge in [-0.05, 0) is 23.8 Å². The van der Waals surface area contributed by atoms with Crippen molar-refractivity contribution in [2.75, 3.05) is 0 Å². The zero-order chi connectivity index (χ0) is 12.8. The molecule has 0 spiro atoms. The molecule has 0 aliphatic rings. The van der Waals surface area contributed by atoms with Crippen molar-refractivity contribution in [2.24, 2.45) is 0 Å². The summed E-state index contributed by atoms with van der Waals surface area (Å²) in [6.45, 7) is 4.34. The van der Waals surface area contributed by atoms with Crippen LogP contribution in [0, 0.1) is 13.0 Å². The van der Waals surface area contributed by atoms with Gasteiger partial charge in [0, 0.05) is 4.88 Å². The predicted molar refractivity (Wildman–Crippen MR) is 81.2 cm³/mol. The van der Waals surface area contributed by atoms with Crippen LogP contribution in [0.2, 0.25) is 0 Å². The fraction of sp³-hybridized carbons (Fsp3) is 0.412. The maximum absolute atomic E-state index is 3.27. The summed E-state index contributed by atoms with van der Waals surface area (Å²) < 4.78 is 0. The number of hydrogen-bond donors (Lipinski definition) is 0. The second-order valence-electron chi connectivity index (χ2n) is 4.84. The van der Waals surface area contributed by atoms with E-state index in [4.69, 9.17) is 0 Å². The van der Waals surface area contributed by atoms with E-state index in [-0.39, 0.29) is 0 Å². The molecule has 0 nitrogen and oxygen atoms in total. The van der Waals surface area contributed by atoms with E-state index >= 15 is 0 Å². The molecule has 0 bridgehead atoms. The van der Waals surface area contributed by atoms with Crippen LogP contribution in [0.15, 0.2) is 30.3 Å². The van der Waals surface area contributed by atoms with Crippen molar-refractivity contribution in [1.82, 2.24) is 0 Å². The van der Waals surface area contributed by atoms with Gasteiger partial charge in [-0.1, -0.05) is 39.2 Å². The topological polar surface area (TPSA) is 0 Å². The number of aryl methyl sites for hydroxylation is 2. The molecule has 0 saturated heterocycles. The normalized spacial score (nSPS) is 10.8. The van der Waals surface area contributed by atoms with Crippen molar-refractivity contribution in [1.29, 1.82) is 0 Å². The molecule has 0 fully saturated rings. The first-order chi connectivity index (χ1) is 8.79. The summed E-state index contributed by atoms with van der Waals surface area (Å²) in [6, 6.07) is 14.2. The molecule has 0 N–H and O–H groups in total. The van der Waals surface area contributed by atoms with Gasteiger partial charge < -0.3 is 0 Å². The van der Waals surface area contributed by atoms with Crippen molar-refractivity contribution in [3.8, 4) is 10.4 Å². The lowest BCUT2D eigenvalue weighted by molar-refractivity contribution is 0.670. The third-order valence-electron chi connectivity index (χ3n) is 3.19. The van der Waals surface area contributed by atoms with Crippen molar-refractivity contribution >= 4 is 11.3 Å². The molecular formula is C17H21S-. The van der Waals surface area contributed by atoms with E-state index in [1.165, 1.54) is 53.0 Å². The monoisotopic (exact) mass is 257 g/mol. The molecule has 1 heterocycles. The lowest BCUT2D eigenvalue weighted by Crippen LogP contribution is -1.80. The van der Waals surface area contributed by atoms with E-state index < -0.39 is 0 Å². The van der Waals surface area contributed by atoms with E-state index in [1.54, 1.807) is 0 Å². The molecule has 0 atom stereocenters. The Bertz CT molecular complexity index is 465. The second-order valence-corrected chi connectivity index (χ2v) is 6.01. The first kappa shape index (κ1) is 13.4. The lowest BCUT2D eigenvalue weighted by Gasteiger charge is -2.06. The summed E-state index contributed by atoms with van der Waals surface area (Å²) in [6.07, 6.45) is 6.61. The van der Waals surface area contributed by atoms with Crippen molar-refractivity contribution < 1.29 is 0 Å². The van der Waals surface area contributed by atoms with Gasteiger partial charge in [-0.15, -0.1) is 5.56 Å². The van der Waals surface area contributed by atoms with Gasteiger partial charge in [0.1, 0.15) is 0 Å². The Balaban J connectivity index is 1.95. The molecular weight excluding hydrogens is 236 g/mol. The van der Waals surface area contributed by atoms with Crippen molar-refractivity contribution in [3.63, 3.8) is 0 Å². The van der Waals surface area contributed by atoms with Crippen molar-refractivity contribution in [2.45, 2.75) is 46.0 Å². The van der Waals surface area contributed by atoms with Crippen LogP contribution in [0.3, 0.4) is 0 Å². The van der Waals surface area contributed by atoms with E-state index in [0.29, 0.717) is 0 Å². The second kappa shape index (κ2) is 6.75. The Hall–Kier alpha value is -1.08. The summed E-state index contributed by atoms with van der Waals surface area (Å²) in [4.78, 5) is 2.89. The van der Waals surface area contributed by atoms with Crippen molar-refractivity contribution in [3.05, 3.63) is 46.8 Å². The number of unbranched alkanes of at least 4 members (excludes halogenated alkanes) is 3. The molecule has 0 aliphatic carbocycles. The molecule has 0 unspecified atom stereocenters. The van der Waals surface area contributed by atoms with E-state index in [9.17, 15) is 0 Å². The highest BCUT2D eigenvalue weighted by Crippen LogP contribution is 2.29. The number of thiophene rings is 1. The maximum atomic E-state index is 3.27. The summed E-state index contributed by atoms with van der Waals surface area (Å²) in [5.41, 5.74) is 2.50. The zero-order valence-corrected chi connectivity index (χ0v) is 12.1. The Morgan fingerprint density at radius 3 is 2.67 bits per heavy atom. The number of benzene rings is 1. The molecule has 2 rings (SSSR count). The fourth-order valence-electron chi connectivity index (χ4n) is 2.05. The average molecular weight is 257 g/mol. The largest absolute Gasteiger partial charge is 0.180 e. The van der Waals surface area contributed by atoms with Crippen LogP contribution in [0.25, 0.3) is 10.4 Å². The van der Waals surface area contributed by atoms with Crippen LogP contribution >= 0.6 is 11.3 Å². The van der Waals surface area contributed by atoms with Gasteiger partial charge in [0.15, 0.2) is 0 Å². The van der Waals surface area contributed by atoms with Gasteiger partial charge in [0.05, 0.1) is 0 Å². The third kappa shape index (κ3) is 3.71. The molecule has 1 aromatic heterocycles. The predicted octanol–water partition coefficient (Wildman–Crippen LogP) is 5.65. The Labute approximate surface area is 115 Å². The van der Waals surface area contributed by atoms with Gasteiger partial charge >= 0.3 is 0 Å². The Morgan fingerprint density at radius 1 is 1.06 bits per heavy atom. The fourth-order valence-corrected chi connectivity index (χ4v) is 3.10. The Kier molecular flexibility index (Phi) is 5.00. The zero-order valence-electron chi connectivity index (χ0n) is 11.3. The first-order valence-corrected chi connectivity index (χ1v) is 7.68. The molecule has 0 saturated carbocycles. The minimum atomic E-state index is 1.20. The van der Waals surface area contributed by atoms with Gasteiger partial charge in [-0.2, -0.15) is 41.2 Å². The third-order valence-corrected chi connectivity index (χ3v) is 4.39. The first-order valence-electron chi connectivity index (χ1n) is 6.87. The molecule has 2 aromatic rings. The lowest BCUT2D eigenvalue weighted by atomic mass is 10.1. The van der Waals surface area contributed by atoms with Crippen LogP contribution in [0.4, 0.5) is 0 Å². The highest BCUT2D eigenvalue weighted by atomic mass is 32.1. The molecule has 0 radical (unpaired) electrons. The molecule has 1 heteroatoms. The standard InChI is InChI=1S/C17H21S/c1-3-4-5-6-7-16-12-13-17(18-16)15-10-8-14(2)9-11-15/h8,10-13H,3-7H2,1-2H3/q-1. The van der Waals surface area contributed by atoms with E-state index in [0.717, 1.165) is 0 Å². The molecule has 1 aromatic carbocycles. The van der Waals surface area contributed by atoms with Gasteiger partial charge in [0.25, 0.3) is 0 Å². The summed E-state index contributed by atoms with van der Waals surface area (Å²) in [7, 11) is 0. The maximum Gasteiger partial charge on any atom is 0.00404 e.